The summed E-state index contributed by atoms with van der Waals surface area (Å²) in [5, 5.41) is -0.236. The maximum atomic E-state index is 12.2. The van der Waals surface area contributed by atoms with Crippen LogP contribution in [0.25, 0.3) is 11.0 Å². The van der Waals surface area contributed by atoms with Crippen LogP contribution in [0.2, 0.25) is 0 Å². The van der Waals surface area contributed by atoms with Gasteiger partial charge in [0.15, 0.2) is 0 Å². The van der Waals surface area contributed by atoms with Crippen molar-refractivity contribution in [3.8, 4) is 0 Å². The molecule has 2 aromatic rings. The Hall–Kier alpha value is -1.40. The first-order valence-electron chi connectivity index (χ1n) is 7.07. The maximum Gasteiger partial charge on any atom is 0.214 e. The van der Waals surface area contributed by atoms with Crippen molar-refractivity contribution >= 4 is 21.1 Å². The minimum Gasteiger partial charge on any atom is -0.341 e. The Kier molecular flexibility index (Phi) is 3.76. The quantitative estimate of drug-likeness (QED) is 0.908. The molecule has 1 aromatic carbocycles. The van der Waals surface area contributed by atoms with Gasteiger partial charge >= 0.3 is 0 Å². The van der Waals surface area contributed by atoms with Crippen LogP contribution in [-0.4, -0.2) is 23.6 Å². The third kappa shape index (κ3) is 2.86. The van der Waals surface area contributed by atoms with E-state index in [-0.39, 0.29) is 11.8 Å². The monoisotopic (exact) mass is 293 g/mol. The molecule has 1 aromatic heterocycles. The number of sulfonamides is 1. The highest BCUT2D eigenvalue weighted by molar-refractivity contribution is 7.90. The first-order valence-corrected chi connectivity index (χ1v) is 8.62. The molecule has 1 heterocycles. The Balaban J connectivity index is 1.68. The molecule has 20 heavy (non-hydrogen) atoms. The van der Waals surface area contributed by atoms with Gasteiger partial charge in [0.1, 0.15) is 5.82 Å². The molecular formula is C14H19N3O2S. The summed E-state index contributed by atoms with van der Waals surface area (Å²) in [6.07, 6.45) is 4.72. The lowest BCUT2D eigenvalue weighted by Gasteiger charge is -2.21. The molecule has 1 saturated carbocycles. The number of hydrogen-bond acceptors (Lipinski definition) is 3. The number of aromatic amines is 1. The van der Waals surface area contributed by atoms with E-state index in [0.717, 1.165) is 43.1 Å². The Labute approximate surface area is 118 Å². The van der Waals surface area contributed by atoms with Crippen LogP contribution in [0.1, 0.15) is 37.9 Å². The van der Waals surface area contributed by atoms with E-state index in [1.165, 1.54) is 0 Å². The van der Waals surface area contributed by atoms with Crippen molar-refractivity contribution < 1.29 is 8.42 Å². The Bertz CT molecular complexity index is 654. The lowest BCUT2D eigenvalue weighted by Crippen LogP contribution is -2.35. The number of hydrogen-bond donors (Lipinski definition) is 2. The van der Waals surface area contributed by atoms with Gasteiger partial charge in [-0.3, -0.25) is 0 Å². The van der Waals surface area contributed by atoms with E-state index in [1.807, 2.05) is 24.3 Å². The van der Waals surface area contributed by atoms with E-state index in [4.69, 9.17) is 0 Å². The van der Waals surface area contributed by atoms with Crippen molar-refractivity contribution in [2.45, 2.75) is 43.9 Å². The number of aromatic nitrogens is 2. The van der Waals surface area contributed by atoms with E-state index < -0.39 is 10.0 Å². The Morgan fingerprint density at radius 1 is 1.20 bits per heavy atom. The summed E-state index contributed by atoms with van der Waals surface area (Å²) in [5.41, 5.74) is 1.79. The summed E-state index contributed by atoms with van der Waals surface area (Å²) in [6, 6.07) is 7.68. The van der Waals surface area contributed by atoms with Crippen LogP contribution in [-0.2, 0) is 16.6 Å². The predicted molar refractivity (Wildman–Crippen MR) is 78.7 cm³/mol. The molecule has 1 aliphatic rings. The zero-order valence-corrected chi connectivity index (χ0v) is 12.1. The van der Waals surface area contributed by atoms with Gasteiger partial charge in [-0.25, -0.2) is 18.1 Å². The summed E-state index contributed by atoms with van der Waals surface area (Å²) in [6.45, 7) is 0.230. The number of rotatable bonds is 4. The zero-order chi connectivity index (χ0) is 14.0. The van der Waals surface area contributed by atoms with Gasteiger partial charge in [-0.05, 0) is 25.0 Å². The lowest BCUT2D eigenvalue weighted by atomic mass is 10.0. The van der Waals surface area contributed by atoms with Crippen molar-refractivity contribution in [1.82, 2.24) is 14.7 Å². The number of nitrogens with one attached hydrogen (secondary N) is 2. The van der Waals surface area contributed by atoms with Crippen LogP contribution in [0.5, 0.6) is 0 Å². The van der Waals surface area contributed by atoms with Gasteiger partial charge in [-0.15, -0.1) is 0 Å². The maximum absolute atomic E-state index is 12.2. The number of fused-ring (bicyclic) bond motifs is 1. The molecule has 0 radical (unpaired) electrons. The number of H-pyrrole nitrogens is 1. The molecule has 0 unspecified atom stereocenters. The summed E-state index contributed by atoms with van der Waals surface area (Å²) < 4.78 is 27.1. The molecule has 6 heteroatoms. The topological polar surface area (TPSA) is 74.8 Å². The molecule has 3 rings (SSSR count). The fourth-order valence-electron chi connectivity index (χ4n) is 2.75. The molecule has 0 atom stereocenters. The third-order valence-electron chi connectivity index (χ3n) is 3.87. The summed E-state index contributed by atoms with van der Waals surface area (Å²) in [5.74, 6) is 0.658. The van der Waals surface area contributed by atoms with Crippen molar-refractivity contribution in [2.24, 2.45) is 0 Å². The molecule has 2 N–H and O–H groups in total. The predicted octanol–water partition coefficient (Wildman–Crippen LogP) is 2.32. The number of nitrogens with zero attached hydrogens (tertiary/aromatic N) is 1. The summed E-state index contributed by atoms with van der Waals surface area (Å²) in [4.78, 5) is 7.51. The van der Waals surface area contributed by atoms with Crippen LogP contribution in [0.3, 0.4) is 0 Å². The van der Waals surface area contributed by atoms with Crippen LogP contribution in [0, 0.1) is 0 Å². The van der Waals surface area contributed by atoms with Crippen molar-refractivity contribution in [3.63, 3.8) is 0 Å². The number of para-hydroxylation sites is 2. The Morgan fingerprint density at radius 3 is 2.70 bits per heavy atom. The third-order valence-corrected chi connectivity index (χ3v) is 5.77. The van der Waals surface area contributed by atoms with Crippen molar-refractivity contribution in [2.75, 3.05) is 0 Å². The van der Waals surface area contributed by atoms with Gasteiger partial charge in [0, 0.05) is 0 Å². The van der Waals surface area contributed by atoms with Crippen LogP contribution in [0.15, 0.2) is 24.3 Å². The second-order valence-electron chi connectivity index (χ2n) is 5.33. The number of imidazole rings is 1. The van der Waals surface area contributed by atoms with E-state index >= 15 is 0 Å². The summed E-state index contributed by atoms with van der Waals surface area (Å²) in [7, 11) is -3.23. The first kappa shape index (κ1) is 13.6. The van der Waals surface area contributed by atoms with E-state index in [9.17, 15) is 8.42 Å². The average Bonchev–Trinajstić information content (AvgIpc) is 2.89. The highest BCUT2D eigenvalue weighted by Crippen LogP contribution is 2.23. The smallest absolute Gasteiger partial charge is 0.214 e. The summed E-state index contributed by atoms with van der Waals surface area (Å²) >= 11 is 0. The van der Waals surface area contributed by atoms with E-state index in [1.54, 1.807) is 0 Å². The fraction of sp³-hybridized carbons (Fsp3) is 0.500. The van der Waals surface area contributed by atoms with E-state index in [2.05, 4.69) is 14.7 Å². The van der Waals surface area contributed by atoms with E-state index in [0.29, 0.717) is 5.82 Å². The first-order chi connectivity index (χ1) is 9.65. The molecule has 0 bridgehead atoms. The largest absolute Gasteiger partial charge is 0.341 e. The van der Waals surface area contributed by atoms with Gasteiger partial charge in [-0.2, -0.15) is 0 Å². The zero-order valence-electron chi connectivity index (χ0n) is 11.3. The van der Waals surface area contributed by atoms with Crippen molar-refractivity contribution in [1.29, 1.82) is 0 Å². The molecule has 0 amide bonds. The van der Waals surface area contributed by atoms with Gasteiger partial charge in [0.2, 0.25) is 10.0 Å². The molecule has 1 aliphatic carbocycles. The average molecular weight is 293 g/mol. The van der Waals surface area contributed by atoms with Crippen molar-refractivity contribution in [3.05, 3.63) is 30.1 Å². The normalized spacial score (nSPS) is 17.6. The SMILES string of the molecule is O=S(=O)(NCc1nc2ccccc2[nH]1)C1CCCCC1. The van der Waals surface area contributed by atoms with Crippen LogP contribution < -0.4 is 4.72 Å². The minimum atomic E-state index is -3.23. The van der Waals surface area contributed by atoms with Crippen LogP contribution >= 0.6 is 0 Å². The lowest BCUT2D eigenvalue weighted by molar-refractivity contribution is 0.477. The molecule has 0 aliphatic heterocycles. The van der Waals surface area contributed by atoms with Gasteiger partial charge in [-0.1, -0.05) is 31.4 Å². The molecule has 108 valence electrons. The minimum absolute atomic E-state index is 0.230. The van der Waals surface area contributed by atoms with Crippen LogP contribution in [0.4, 0.5) is 0 Å². The standard InChI is InChI=1S/C14H19N3O2S/c18-20(19,11-6-2-1-3-7-11)15-10-14-16-12-8-4-5-9-13(12)17-14/h4-5,8-9,11,15H,1-3,6-7,10H2,(H,16,17). The molecule has 5 nitrogen and oxygen atoms in total. The highest BCUT2D eigenvalue weighted by atomic mass is 32.2. The van der Waals surface area contributed by atoms with Gasteiger partial charge < -0.3 is 4.98 Å². The second-order valence-corrected chi connectivity index (χ2v) is 7.37. The fourth-order valence-corrected chi connectivity index (χ4v) is 4.28. The Morgan fingerprint density at radius 2 is 1.95 bits per heavy atom. The highest BCUT2D eigenvalue weighted by Gasteiger charge is 2.26. The molecule has 0 spiro atoms. The second kappa shape index (κ2) is 5.54. The molecular weight excluding hydrogens is 274 g/mol. The van der Waals surface area contributed by atoms with Gasteiger partial charge in [0.25, 0.3) is 0 Å². The van der Waals surface area contributed by atoms with Gasteiger partial charge in [0.05, 0.1) is 22.8 Å². The number of benzene rings is 1. The molecule has 0 saturated heterocycles. The molecule has 1 fully saturated rings.